The maximum atomic E-state index is 14.4. The van der Waals surface area contributed by atoms with Crippen molar-refractivity contribution in [1.29, 1.82) is 0 Å². The number of phenolic OH excluding ortho intramolecular Hbond substituents is 1. The highest BCUT2D eigenvalue weighted by Crippen LogP contribution is 2.63. The first-order valence-electron chi connectivity index (χ1n) is 16.8. The number of hydrogen-bond acceptors (Lipinski definition) is 3. The number of halogens is 10. The zero-order valence-corrected chi connectivity index (χ0v) is 27.0. The Hall–Kier alpha value is -1.76. The second kappa shape index (κ2) is 14.2. The number of nitrogens with zero attached hydrogens (tertiary/aromatic N) is 1. The molecule has 3 aliphatic carbocycles. The van der Waals surface area contributed by atoms with Crippen LogP contribution in [0.25, 0.3) is 0 Å². The van der Waals surface area contributed by atoms with Crippen LogP contribution in [-0.4, -0.2) is 65.3 Å². The molecule has 0 aromatic heterocycles. The van der Waals surface area contributed by atoms with Crippen molar-refractivity contribution in [3.8, 4) is 5.75 Å². The number of unbranched alkanes of at least 4 members (excludes halogenated alkanes) is 5. The molecular formula is C34H47F10NO2. The van der Waals surface area contributed by atoms with E-state index >= 15 is 0 Å². The van der Waals surface area contributed by atoms with Crippen molar-refractivity contribution in [2.45, 2.75) is 133 Å². The normalized spacial score (nSPS) is 28.3. The molecule has 0 spiro atoms. The minimum atomic E-state index is -6.84. The molecule has 2 N–H and O–H groups in total. The third-order valence-corrected chi connectivity index (χ3v) is 11.5. The van der Waals surface area contributed by atoms with Gasteiger partial charge in [-0.05, 0) is 130 Å². The van der Waals surface area contributed by atoms with Gasteiger partial charge in [-0.2, -0.15) is 39.5 Å². The molecule has 2 fully saturated rings. The van der Waals surface area contributed by atoms with E-state index in [1.54, 1.807) is 6.07 Å². The Bertz CT molecular complexity index is 1210. The van der Waals surface area contributed by atoms with Crippen LogP contribution in [0.15, 0.2) is 12.1 Å². The molecule has 0 saturated heterocycles. The summed E-state index contributed by atoms with van der Waals surface area (Å²) in [5.41, 5.74) is 1.87. The number of phenols is 1. The van der Waals surface area contributed by atoms with Gasteiger partial charge in [0.2, 0.25) is 0 Å². The van der Waals surface area contributed by atoms with Gasteiger partial charge in [-0.1, -0.05) is 32.6 Å². The highest BCUT2D eigenvalue weighted by atomic mass is 19.4. The van der Waals surface area contributed by atoms with E-state index in [2.05, 4.69) is 6.92 Å². The van der Waals surface area contributed by atoms with Gasteiger partial charge in [0.25, 0.3) is 0 Å². The summed E-state index contributed by atoms with van der Waals surface area (Å²) < 4.78 is 131. The average molecular weight is 692 g/mol. The summed E-state index contributed by atoms with van der Waals surface area (Å²) in [6.07, 6.45) is -0.561. The molecule has 2 saturated carbocycles. The topological polar surface area (TPSA) is 43.7 Å². The van der Waals surface area contributed by atoms with E-state index < -0.39 is 42.6 Å². The Balaban J connectivity index is 1.18. The minimum Gasteiger partial charge on any atom is -0.505 e. The molecule has 47 heavy (non-hydrogen) atoms. The van der Waals surface area contributed by atoms with Crippen LogP contribution in [0.4, 0.5) is 43.9 Å². The summed E-state index contributed by atoms with van der Waals surface area (Å²) in [5, 5.41) is 20.9. The van der Waals surface area contributed by atoms with Crippen molar-refractivity contribution in [2.75, 3.05) is 20.1 Å². The quantitative estimate of drug-likeness (QED) is 0.142. The Labute approximate surface area is 270 Å². The van der Waals surface area contributed by atoms with Gasteiger partial charge in [-0.25, -0.2) is 4.39 Å². The predicted molar refractivity (Wildman–Crippen MR) is 158 cm³/mol. The fourth-order valence-electron chi connectivity index (χ4n) is 8.77. The average Bonchev–Trinajstić information content (AvgIpc) is 3.28. The smallest absolute Gasteiger partial charge is 0.460 e. The van der Waals surface area contributed by atoms with Crippen LogP contribution in [-0.2, 0) is 6.42 Å². The summed E-state index contributed by atoms with van der Waals surface area (Å²) in [6.45, 7) is 3.54. The van der Waals surface area contributed by atoms with Gasteiger partial charge in [0.1, 0.15) is 0 Å². The van der Waals surface area contributed by atoms with Crippen molar-refractivity contribution < 1.29 is 54.1 Å². The fourth-order valence-corrected chi connectivity index (χ4v) is 8.77. The molecule has 270 valence electrons. The lowest BCUT2D eigenvalue weighted by molar-refractivity contribution is -0.396. The summed E-state index contributed by atoms with van der Waals surface area (Å²) in [7, 11) is 1.89. The van der Waals surface area contributed by atoms with Crippen molar-refractivity contribution in [1.82, 2.24) is 4.90 Å². The van der Waals surface area contributed by atoms with E-state index in [0.717, 1.165) is 75.5 Å². The summed E-state index contributed by atoms with van der Waals surface area (Å²) in [4.78, 5) is 2.04. The number of benzene rings is 1. The molecule has 3 aliphatic rings. The monoisotopic (exact) mass is 691 g/mol. The standard InChI is InChI=1S/C34H47F10NO2/c1-30-15-13-23-24-20-26(35)27(46)19-22(24)18-21(29(23)25(30)11-12-28(30)47)10-6-5-9-17-45(2)16-8-4-3-7-14-31(36,37)32(38,39)33(40,41)34(42,43)44/h19-21,23,25,28-29,46-47H,3-18H2,1-2H3/t21-,23-,25+,28+,29-,30+/m1/s1. The summed E-state index contributed by atoms with van der Waals surface area (Å²) in [6, 6.07) is 3.09. The summed E-state index contributed by atoms with van der Waals surface area (Å²) >= 11 is 0. The number of alkyl halides is 9. The SMILES string of the molecule is CN(CCCCCCC(F)(F)C(F)(F)C(F)(F)C(F)(F)F)CCCCC[C@@H]1Cc2cc(O)c(F)cc2[C@H]2CC[C@]3(C)[C@@H](O)CC[C@H]3[C@H]12. The maximum absolute atomic E-state index is 14.4. The number of aliphatic hydroxyl groups excluding tert-OH is 1. The Morgan fingerprint density at radius 1 is 0.830 bits per heavy atom. The van der Waals surface area contributed by atoms with Gasteiger partial charge in [0, 0.05) is 6.42 Å². The lowest BCUT2D eigenvalue weighted by atomic mass is 9.52. The lowest BCUT2D eigenvalue weighted by Gasteiger charge is -2.53. The minimum absolute atomic E-state index is 0.00867. The molecule has 13 heteroatoms. The van der Waals surface area contributed by atoms with E-state index in [1.165, 1.54) is 6.07 Å². The van der Waals surface area contributed by atoms with Gasteiger partial charge < -0.3 is 15.1 Å². The van der Waals surface area contributed by atoms with Crippen molar-refractivity contribution in [3.63, 3.8) is 0 Å². The molecule has 3 nitrogen and oxygen atoms in total. The lowest BCUT2D eigenvalue weighted by Crippen LogP contribution is -2.60. The van der Waals surface area contributed by atoms with Crippen LogP contribution in [0, 0.1) is 29.0 Å². The first-order chi connectivity index (χ1) is 21.7. The largest absolute Gasteiger partial charge is 0.505 e. The van der Waals surface area contributed by atoms with Crippen LogP contribution in [0.2, 0.25) is 0 Å². The number of rotatable bonds is 15. The molecule has 0 radical (unpaired) electrons. The second-order valence-electron chi connectivity index (χ2n) is 14.6. The van der Waals surface area contributed by atoms with Crippen LogP contribution in [0.5, 0.6) is 5.75 Å². The van der Waals surface area contributed by atoms with Gasteiger partial charge in [0.05, 0.1) is 6.10 Å². The Morgan fingerprint density at radius 3 is 2.09 bits per heavy atom. The first kappa shape index (κ1) is 38.0. The van der Waals surface area contributed by atoms with Gasteiger partial charge in [-0.3, -0.25) is 0 Å². The van der Waals surface area contributed by atoms with Gasteiger partial charge in [-0.15, -0.1) is 0 Å². The number of aromatic hydroxyl groups is 1. The highest BCUT2D eigenvalue weighted by molar-refractivity contribution is 5.41. The van der Waals surface area contributed by atoms with E-state index in [0.29, 0.717) is 37.1 Å². The maximum Gasteiger partial charge on any atom is 0.460 e. The molecule has 0 bridgehead atoms. The molecular weight excluding hydrogens is 644 g/mol. The molecule has 0 heterocycles. The molecule has 6 atom stereocenters. The van der Waals surface area contributed by atoms with Crippen LogP contribution >= 0.6 is 0 Å². The second-order valence-corrected chi connectivity index (χ2v) is 14.6. The molecule has 1 aromatic carbocycles. The third-order valence-electron chi connectivity index (χ3n) is 11.5. The Kier molecular flexibility index (Phi) is 11.5. The van der Waals surface area contributed by atoms with E-state index in [1.807, 2.05) is 11.9 Å². The highest BCUT2D eigenvalue weighted by Gasteiger charge is 2.81. The zero-order chi connectivity index (χ0) is 35.0. The van der Waals surface area contributed by atoms with Crippen molar-refractivity contribution in [3.05, 3.63) is 29.1 Å². The Morgan fingerprint density at radius 2 is 1.45 bits per heavy atom. The predicted octanol–water partition coefficient (Wildman–Crippen LogP) is 9.89. The van der Waals surface area contributed by atoms with Gasteiger partial charge >= 0.3 is 23.9 Å². The molecule has 0 amide bonds. The summed E-state index contributed by atoms with van der Waals surface area (Å²) in [5.74, 6) is -18.5. The van der Waals surface area contributed by atoms with Crippen molar-refractivity contribution in [2.24, 2.45) is 23.2 Å². The van der Waals surface area contributed by atoms with E-state index in [9.17, 15) is 54.1 Å². The fraction of sp³-hybridized carbons (Fsp3) is 0.824. The number of fused-ring (bicyclic) bond motifs is 5. The van der Waals surface area contributed by atoms with Crippen LogP contribution in [0.3, 0.4) is 0 Å². The van der Waals surface area contributed by atoms with Crippen LogP contribution < -0.4 is 0 Å². The molecule has 1 aromatic rings. The first-order valence-corrected chi connectivity index (χ1v) is 16.8. The number of hydrogen-bond donors (Lipinski definition) is 2. The molecule has 0 aliphatic heterocycles. The number of aliphatic hydroxyl groups is 1. The molecule has 0 unspecified atom stereocenters. The van der Waals surface area contributed by atoms with E-state index in [4.69, 9.17) is 0 Å². The van der Waals surface area contributed by atoms with Crippen molar-refractivity contribution >= 4 is 0 Å². The van der Waals surface area contributed by atoms with E-state index in [-0.39, 0.29) is 29.6 Å². The van der Waals surface area contributed by atoms with Crippen LogP contribution in [0.1, 0.15) is 107 Å². The van der Waals surface area contributed by atoms with Gasteiger partial charge in [0.15, 0.2) is 11.6 Å². The molecule has 4 rings (SSSR count). The zero-order valence-electron chi connectivity index (χ0n) is 27.0. The third kappa shape index (κ3) is 7.55.